The van der Waals surface area contributed by atoms with Gasteiger partial charge in [0.05, 0.1) is 11.4 Å². The first kappa shape index (κ1) is 9.54. The fraction of sp³-hybridized carbons (Fsp3) is 0. The molecule has 1 heterocycles. The Balaban J connectivity index is 2.30. The zero-order valence-electron chi connectivity index (χ0n) is 9.77. The molecule has 2 heteroatoms. The summed E-state index contributed by atoms with van der Waals surface area (Å²) in [5, 5.41) is 11.8. The maximum Gasteiger partial charge on any atom is 0.0705 e. The Kier molecular flexibility index (Phi) is 1.86. The average molecular weight is 232 g/mol. The van der Waals surface area contributed by atoms with E-state index < -0.39 is 0 Å². The summed E-state index contributed by atoms with van der Waals surface area (Å²) in [7, 11) is 0. The SMILES string of the molecule is C1=CNc2c(c3ccccc3c3ccccc23)N1. The largest absolute Gasteiger partial charge is 0.358 e. The molecule has 86 valence electrons. The second-order valence-electron chi connectivity index (χ2n) is 4.46. The molecule has 3 aromatic rings. The molecule has 0 atom stereocenters. The Bertz CT molecular complexity index is 721. The van der Waals surface area contributed by atoms with Gasteiger partial charge < -0.3 is 10.6 Å². The van der Waals surface area contributed by atoms with Crippen molar-refractivity contribution in [3.63, 3.8) is 0 Å². The summed E-state index contributed by atoms with van der Waals surface area (Å²) in [6.45, 7) is 0. The predicted octanol–water partition coefficient (Wildman–Crippen LogP) is 4.30. The molecule has 0 radical (unpaired) electrons. The van der Waals surface area contributed by atoms with Gasteiger partial charge in [0.2, 0.25) is 0 Å². The zero-order valence-corrected chi connectivity index (χ0v) is 9.77. The molecule has 0 amide bonds. The summed E-state index contributed by atoms with van der Waals surface area (Å²) in [6.07, 6.45) is 3.87. The molecule has 1 aliphatic heterocycles. The van der Waals surface area contributed by atoms with Gasteiger partial charge in [-0.3, -0.25) is 0 Å². The molecule has 0 saturated carbocycles. The molecule has 0 spiro atoms. The Morgan fingerprint density at radius 3 is 1.33 bits per heavy atom. The first-order valence-electron chi connectivity index (χ1n) is 6.07. The van der Waals surface area contributed by atoms with Crippen molar-refractivity contribution in [1.82, 2.24) is 0 Å². The van der Waals surface area contributed by atoms with Gasteiger partial charge in [0.1, 0.15) is 0 Å². The minimum atomic E-state index is 1.16. The van der Waals surface area contributed by atoms with Crippen LogP contribution in [0.5, 0.6) is 0 Å². The summed E-state index contributed by atoms with van der Waals surface area (Å²) in [5.41, 5.74) is 2.32. The van der Waals surface area contributed by atoms with E-state index in [1.807, 2.05) is 12.4 Å². The second kappa shape index (κ2) is 3.50. The Hall–Kier alpha value is -2.48. The van der Waals surface area contributed by atoms with Crippen LogP contribution >= 0.6 is 0 Å². The van der Waals surface area contributed by atoms with Gasteiger partial charge in [-0.1, -0.05) is 48.5 Å². The highest BCUT2D eigenvalue weighted by Crippen LogP contribution is 2.41. The minimum absolute atomic E-state index is 1.16. The monoisotopic (exact) mass is 232 g/mol. The summed E-state index contributed by atoms with van der Waals surface area (Å²) in [6, 6.07) is 17.0. The van der Waals surface area contributed by atoms with E-state index in [1.165, 1.54) is 21.5 Å². The molecule has 0 unspecified atom stereocenters. The van der Waals surface area contributed by atoms with Crippen LogP contribution in [0.25, 0.3) is 21.5 Å². The molecule has 1 aliphatic rings. The Labute approximate surface area is 105 Å². The van der Waals surface area contributed by atoms with Crippen molar-refractivity contribution in [2.75, 3.05) is 10.6 Å². The van der Waals surface area contributed by atoms with Crippen molar-refractivity contribution in [3.05, 3.63) is 60.9 Å². The first-order chi connectivity index (χ1) is 8.95. The van der Waals surface area contributed by atoms with Gasteiger partial charge >= 0.3 is 0 Å². The second-order valence-corrected chi connectivity index (χ2v) is 4.46. The van der Waals surface area contributed by atoms with E-state index in [1.54, 1.807) is 0 Å². The fourth-order valence-electron chi connectivity index (χ4n) is 2.69. The van der Waals surface area contributed by atoms with E-state index >= 15 is 0 Å². The topological polar surface area (TPSA) is 24.1 Å². The van der Waals surface area contributed by atoms with E-state index in [9.17, 15) is 0 Å². The fourth-order valence-corrected chi connectivity index (χ4v) is 2.69. The van der Waals surface area contributed by atoms with Crippen LogP contribution < -0.4 is 10.6 Å². The lowest BCUT2D eigenvalue weighted by Crippen LogP contribution is -2.03. The lowest BCUT2D eigenvalue weighted by Gasteiger charge is -2.20. The van der Waals surface area contributed by atoms with Gasteiger partial charge in [-0.15, -0.1) is 0 Å². The lowest BCUT2D eigenvalue weighted by atomic mass is 9.98. The third-order valence-electron chi connectivity index (χ3n) is 3.47. The Morgan fingerprint density at radius 1 is 0.500 bits per heavy atom. The average Bonchev–Trinajstić information content (AvgIpc) is 2.48. The molecule has 2 nitrogen and oxygen atoms in total. The van der Waals surface area contributed by atoms with Crippen LogP contribution in [-0.2, 0) is 0 Å². The van der Waals surface area contributed by atoms with E-state index in [0.717, 1.165) is 11.4 Å². The van der Waals surface area contributed by atoms with Gasteiger partial charge in [-0.2, -0.15) is 0 Å². The molecular formula is C16H12N2. The standard InChI is InChI=1S/C16H12N2/c1-3-7-13-11(5-1)12-6-2-4-8-14(12)16-15(13)17-9-10-18-16/h1-10,17-18H. The van der Waals surface area contributed by atoms with Gasteiger partial charge in [-0.05, 0) is 10.8 Å². The van der Waals surface area contributed by atoms with Crippen LogP contribution in [-0.4, -0.2) is 0 Å². The van der Waals surface area contributed by atoms with Crippen LogP contribution in [0.3, 0.4) is 0 Å². The molecule has 0 aromatic heterocycles. The highest BCUT2D eigenvalue weighted by Gasteiger charge is 2.13. The van der Waals surface area contributed by atoms with Crippen LogP contribution in [0.2, 0.25) is 0 Å². The summed E-state index contributed by atoms with van der Waals surface area (Å²) in [4.78, 5) is 0. The number of anilines is 2. The third-order valence-corrected chi connectivity index (χ3v) is 3.47. The first-order valence-corrected chi connectivity index (χ1v) is 6.07. The van der Waals surface area contributed by atoms with Gasteiger partial charge in [-0.25, -0.2) is 0 Å². The van der Waals surface area contributed by atoms with Crippen molar-refractivity contribution < 1.29 is 0 Å². The highest BCUT2D eigenvalue weighted by atomic mass is 15.0. The number of hydrogen-bond donors (Lipinski definition) is 2. The molecule has 4 rings (SSSR count). The molecule has 0 fully saturated rings. The third kappa shape index (κ3) is 1.17. The van der Waals surface area contributed by atoms with Gasteiger partial charge in [0.25, 0.3) is 0 Å². The van der Waals surface area contributed by atoms with E-state index in [-0.39, 0.29) is 0 Å². The summed E-state index contributed by atoms with van der Waals surface area (Å²) < 4.78 is 0. The predicted molar refractivity (Wildman–Crippen MR) is 77.8 cm³/mol. The molecule has 0 bridgehead atoms. The maximum absolute atomic E-state index is 3.35. The molecule has 3 aromatic carbocycles. The molecule has 0 saturated heterocycles. The van der Waals surface area contributed by atoms with E-state index in [0.29, 0.717) is 0 Å². The van der Waals surface area contributed by atoms with E-state index in [2.05, 4.69) is 59.2 Å². The van der Waals surface area contributed by atoms with Crippen molar-refractivity contribution in [3.8, 4) is 0 Å². The van der Waals surface area contributed by atoms with Crippen LogP contribution in [0.4, 0.5) is 11.4 Å². The van der Waals surface area contributed by atoms with Crippen LogP contribution in [0.1, 0.15) is 0 Å². The van der Waals surface area contributed by atoms with Gasteiger partial charge in [0, 0.05) is 23.2 Å². The minimum Gasteiger partial charge on any atom is -0.358 e. The number of hydrogen-bond acceptors (Lipinski definition) is 2. The quantitative estimate of drug-likeness (QED) is 0.565. The van der Waals surface area contributed by atoms with Crippen molar-refractivity contribution in [2.45, 2.75) is 0 Å². The zero-order chi connectivity index (χ0) is 11.9. The van der Waals surface area contributed by atoms with Crippen molar-refractivity contribution >= 4 is 32.9 Å². The molecule has 2 N–H and O–H groups in total. The summed E-state index contributed by atoms with van der Waals surface area (Å²) in [5.74, 6) is 0. The Morgan fingerprint density at radius 2 is 0.889 bits per heavy atom. The molecular weight excluding hydrogens is 220 g/mol. The number of nitrogens with one attached hydrogen (secondary N) is 2. The maximum atomic E-state index is 3.35. The number of benzene rings is 3. The highest BCUT2D eigenvalue weighted by molar-refractivity contribution is 6.20. The molecule has 0 aliphatic carbocycles. The van der Waals surface area contributed by atoms with Gasteiger partial charge in [0.15, 0.2) is 0 Å². The number of fused-ring (bicyclic) bond motifs is 6. The van der Waals surface area contributed by atoms with Crippen molar-refractivity contribution in [1.29, 1.82) is 0 Å². The smallest absolute Gasteiger partial charge is 0.0705 e. The number of rotatable bonds is 0. The normalized spacial score (nSPS) is 13.1. The molecule has 18 heavy (non-hydrogen) atoms. The van der Waals surface area contributed by atoms with Crippen LogP contribution in [0, 0.1) is 0 Å². The van der Waals surface area contributed by atoms with Crippen molar-refractivity contribution in [2.24, 2.45) is 0 Å². The van der Waals surface area contributed by atoms with Crippen LogP contribution in [0.15, 0.2) is 60.9 Å². The summed E-state index contributed by atoms with van der Waals surface area (Å²) >= 11 is 0. The lowest BCUT2D eigenvalue weighted by molar-refractivity contribution is 1.51. The van der Waals surface area contributed by atoms with E-state index in [4.69, 9.17) is 0 Å².